The minimum Gasteiger partial charge on any atom is -0.444 e. The van der Waals surface area contributed by atoms with Gasteiger partial charge in [-0.2, -0.15) is 0 Å². The second-order valence-electron chi connectivity index (χ2n) is 8.83. The van der Waals surface area contributed by atoms with Gasteiger partial charge >= 0.3 is 6.09 Å². The molecule has 1 aliphatic heterocycles. The quantitative estimate of drug-likeness (QED) is 0.487. The first-order valence-electron chi connectivity index (χ1n) is 10.5. The van der Waals surface area contributed by atoms with Gasteiger partial charge in [0.2, 0.25) is 0 Å². The SMILES string of the molecule is CN/C(C(=O)NCCO)=C1/C=C(N2C[C@@H](C)N(C(=O)OC(C)(C)C)[C@H](C)C2)C=CC1=N. The third-order valence-electron chi connectivity index (χ3n) is 5.04. The minimum atomic E-state index is -0.553. The van der Waals surface area contributed by atoms with E-state index in [9.17, 15) is 9.59 Å². The van der Waals surface area contributed by atoms with Gasteiger partial charge in [0.1, 0.15) is 11.3 Å². The summed E-state index contributed by atoms with van der Waals surface area (Å²) < 4.78 is 5.57. The van der Waals surface area contributed by atoms with Gasteiger partial charge in [-0.1, -0.05) is 0 Å². The Morgan fingerprint density at radius 1 is 1.23 bits per heavy atom. The molecule has 2 amide bonds. The highest BCUT2D eigenvalue weighted by Gasteiger charge is 2.36. The number of carbonyl (C=O) groups excluding carboxylic acids is 2. The van der Waals surface area contributed by atoms with Crippen LogP contribution in [0.4, 0.5) is 4.79 Å². The van der Waals surface area contributed by atoms with Crippen LogP contribution in [-0.2, 0) is 9.53 Å². The number of carbonyl (C=O) groups is 2. The summed E-state index contributed by atoms with van der Waals surface area (Å²) in [7, 11) is 1.63. The summed E-state index contributed by atoms with van der Waals surface area (Å²) in [5.41, 5.74) is 1.29. The van der Waals surface area contributed by atoms with Crippen LogP contribution < -0.4 is 10.6 Å². The van der Waals surface area contributed by atoms with Crippen molar-refractivity contribution in [2.75, 3.05) is 33.3 Å². The summed E-state index contributed by atoms with van der Waals surface area (Å²) in [6, 6.07) is -0.142. The highest BCUT2D eigenvalue weighted by Crippen LogP contribution is 2.26. The highest BCUT2D eigenvalue weighted by atomic mass is 16.6. The van der Waals surface area contributed by atoms with E-state index in [1.165, 1.54) is 0 Å². The average molecular weight is 434 g/mol. The number of nitrogens with zero attached hydrogens (tertiary/aromatic N) is 2. The lowest BCUT2D eigenvalue weighted by Crippen LogP contribution is -2.59. The molecule has 2 atom stereocenters. The molecule has 0 bridgehead atoms. The number of ether oxygens (including phenoxy) is 1. The maximum atomic E-state index is 12.7. The first-order valence-corrected chi connectivity index (χ1v) is 10.5. The maximum absolute atomic E-state index is 12.7. The summed E-state index contributed by atoms with van der Waals surface area (Å²) in [5.74, 6) is -0.376. The number of nitrogens with one attached hydrogen (secondary N) is 3. The summed E-state index contributed by atoms with van der Waals surface area (Å²) >= 11 is 0. The summed E-state index contributed by atoms with van der Waals surface area (Å²) in [6.07, 6.45) is 5.01. The third kappa shape index (κ3) is 6.10. The van der Waals surface area contributed by atoms with Crippen LogP contribution in [0.15, 0.2) is 35.2 Å². The van der Waals surface area contributed by atoms with E-state index in [2.05, 4.69) is 15.5 Å². The topological polar surface area (TPSA) is 118 Å². The van der Waals surface area contributed by atoms with Gasteiger partial charge < -0.3 is 30.8 Å². The summed E-state index contributed by atoms with van der Waals surface area (Å²) in [5, 5.41) is 22.7. The van der Waals surface area contributed by atoms with E-state index < -0.39 is 5.60 Å². The van der Waals surface area contributed by atoms with E-state index in [1.54, 1.807) is 18.0 Å². The highest BCUT2D eigenvalue weighted by molar-refractivity contribution is 6.14. The molecule has 31 heavy (non-hydrogen) atoms. The summed E-state index contributed by atoms with van der Waals surface area (Å²) in [4.78, 5) is 29.0. The first kappa shape index (κ1) is 24.5. The van der Waals surface area contributed by atoms with Crippen LogP contribution in [0.2, 0.25) is 0 Å². The standard InChI is InChI=1S/C22H35N5O4/c1-14-12-26(13-15(2)27(14)21(30)31-22(3,4)5)16-7-8-18(23)17(11-16)19(24-6)20(29)25-9-10-28/h7-8,11,14-15,23-24,28H,9-10,12-13H2,1-6H3,(H,25,29)/b19-17-,23-18?/t14-,15-/m1/s1. The molecule has 9 heteroatoms. The molecule has 0 aromatic heterocycles. The second-order valence-corrected chi connectivity index (χ2v) is 8.83. The van der Waals surface area contributed by atoms with E-state index in [-0.39, 0.29) is 48.6 Å². The molecule has 1 saturated heterocycles. The molecule has 4 N–H and O–H groups in total. The fraction of sp³-hybridized carbons (Fsp3) is 0.591. The van der Waals surface area contributed by atoms with Crippen molar-refractivity contribution in [2.45, 2.75) is 52.3 Å². The zero-order valence-corrected chi connectivity index (χ0v) is 19.3. The zero-order chi connectivity index (χ0) is 23.3. The van der Waals surface area contributed by atoms with Gasteiger partial charge in [-0.25, -0.2) is 4.79 Å². The smallest absolute Gasteiger partial charge is 0.410 e. The van der Waals surface area contributed by atoms with E-state index >= 15 is 0 Å². The Balaban J connectivity index is 2.25. The van der Waals surface area contributed by atoms with Crippen LogP contribution in [0.5, 0.6) is 0 Å². The predicted octanol–water partition coefficient (Wildman–Crippen LogP) is 1.37. The largest absolute Gasteiger partial charge is 0.444 e. The fourth-order valence-corrected chi connectivity index (χ4v) is 3.77. The van der Waals surface area contributed by atoms with E-state index in [0.717, 1.165) is 5.70 Å². The minimum absolute atomic E-state index is 0.0710. The van der Waals surface area contributed by atoms with E-state index in [1.807, 2.05) is 46.8 Å². The van der Waals surface area contributed by atoms with Gasteiger partial charge in [-0.05, 0) is 52.8 Å². The van der Waals surface area contributed by atoms with Crippen LogP contribution in [-0.4, -0.2) is 83.6 Å². The molecule has 1 fully saturated rings. The molecular weight excluding hydrogens is 398 g/mol. The molecule has 2 aliphatic rings. The van der Waals surface area contributed by atoms with Gasteiger partial charge in [0.05, 0.1) is 24.4 Å². The Bertz CT molecular complexity index is 797. The van der Waals surface area contributed by atoms with E-state index in [0.29, 0.717) is 18.7 Å². The van der Waals surface area contributed by atoms with Crippen molar-refractivity contribution < 1.29 is 19.4 Å². The fourth-order valence-electron chi connectivity index (χ4n) is 3.77. The number of aliphatic hydroxyl groups excluding tert-OH is 1. The molecule has 0 aromatic carbocycles. The zero-order valence-electron chi connectivity index (χ0n) is 19.3. The lowest BCUT2D eigenvalue weighted by molar-refractivity contribution is -0.118. The van der Waals surface area contributed by atoms with Gasteiger partial charge in [-0.3, -0.25) is 9.69 Å². The lowest BCUT2D eigenvalue weighted by atomic mass is 9.98. The van der Waals surface area contributed by atoms with Gasteiger partial charge in [0.25, 0.3) is 5.91 Å². The molecule has 1 heterocycles. The van der Waals surface area contributed by atoms with Gasteiger partial charge in [0.15, 0.2) is 0 Å². The van der Waals surface area contributed by atoms with Crippen LogP contribution in [0.25, 0.3) is 0 Å². The average Bonchev–Trinajstić information content (AvgIpc) is 2.66. The predicted molar refractivity (Wildman–Crippen MR) is 120 cm³/mol. The molecule has 172 valence electrons. The number of amides is 2. The van der Waals surface area contributed by atoms with Crippen molar-refractivity contribution in [2.24, 2.45) is 0 Å². The molecule has 0 radical (unpaired) electrons. The molecule has 2 rings (SSSR count). The van der Waals surface area contributed by atoms with Crippen molar-refractivity contribution in [1.29, 1.82) is 5.41 Å². The molecule has 9 nitrogen and oxygen atoms in total. The van der Waals surface area contributed by atoms with Crippen LogP contribution in [0.1, 0.15) is 34.6 Å². The molecule has 1 aliphatic carbocycles. The molecule has 0 spiro atoms. The number of likely N-dealkylation sites (N-methyl/N-ethyl adjacent to an activating group) is 1. The van der Waals surface area contributed by atoms with Gasteiger partial charge in [0, 0.05) is 38.0 Å². The lowest BCUT2D eigenvalue weighted by Gasteiger charge is -2.46. The van der Waals surface area contributed by atoms with Crippen molar-refractivity contribution in [1.82, 2.24) is 20.4 Å². The normalized spacial score (nSPS) is 23.3. The number of hydrogen-bond donors (Lipinski definition) is 4. The Morgan fingerprint density at radius 2 is 1.84 bits per heavy atom. The molecule has 0 saturated carbocycles. The van der Waals surface area contributed by atoms with Crippen molar-refractivity contribution in [3.8, 4) is 0 Å². The third-order valence-corrected chi connectivity index (χ3v) is 5.04. The Labute approximate surface area is 184 Å². The number of hydrogen-bond acceptors (Lipinski definition) is 7. The van der Waals surface area contributed by atoms with E-state index in [4.69, 9.17) is 15.3 Å². The maximum Gasteiger partial charge on any atom is 0.410 e. The van der Waals surface area contributed by atoms with Crippen LogP contribution in [0.3, 0.4) is 0 Å². The molecule has 0 aromatic rings. The van der Waals surface area contributed by atoms with Crippen molar-refractivity contribution in [3.63, 3.8) is 0 Å². The van der Waals surface area contributed by atoms with Crippen molar-refractivity contribution in [3.05, 3.63) is 35.2 Å². The Kier molecular flexibility index (Phi) is 7.89. The Hall–Kier alpha value is -2.81. The molecular formula is C22H35N5O4. The number of allylic oxidation sites excluding steroid dienone is 4. The number of aliphatic hydroxyl groups is 1. The van der Waals surface area contributed by atoms with Crippen LogP contribution in [0, 0.1) is 5.41 Å². The van der Waals surface area contributed by atoms with Gasteiger partial charge in [-0.15, -0.1) is 0 Å². The monoisotopic (exact) mass is 433 g/mol. The second kappa shape index (κ2) is 10.00. The first-order chi connectivity index (χ1) is 14.5. The molecule has 0 unspecified atom stereocenters. The number of piperazine rings is 1. The van der Waals surface area contributed by atoms with Crippen LogP contribution >= 0.6 is 0 Å². The Morgan fingerprint density at radius 3 is 2.35 bits per heavy atom. The number of rotatable bonds is 5. The van der Waals surface area contributed by atoms with Crippen molar-refractivity contribution >= 4 is 17.7 Å². The summed E-state index contributed by atoms with van der Waals surface area (Å²) in [6.45, 7) is 10.7.